The molecular formula is C15H20O. The minimum Gasteiger partial charge on any atom is -0.377 e. The topological polar surface area (TPSA) is 9.23 Å². The molecule has 1 rings (SSSR count). The Balaban J connectivity index is 2.64. The highest BCUT2D eigenvalue weighted by Crippen LogP contribution is 2.09. The zero-order chi connectivity index (χ0) is 11.8. The maximum absolute atomic E-state index is 5.35. The lowest BCUT2D eigenvalue weighted by molar-refractivity contribution is 0.171. The Morgan fingerprint density at radius 3 is 2.50 bits per heavy atom. The van der Waals surface area contributed by atoms with Crippen LogP contribution in [0.25, 0.3) is 6.08 Å². The van der Waals surface area contributed by atoms with Gasteiger partial charge in [0.2, 0.25) is 0 Å². The average molecular weight is 216 g/mol. The van der Waals surface area contributed by atoms with Crippen LogP contribution in [-0.2, 0) is 4.74 Å². The second-order valence-corrected chi connectivity index (χ2v) is 3.93. The first kappa shape index (κ1) is 12.7. The lowest BCUT2D eigenvalue weighted by Gasteiger charge is -2.02. The monoisotopic (exact) mass is 216 g/mol. The molecule has 0 fully saturated rings. The maximum Gasteiger partial charge on any atom is 0.0677 e. The number of rotatable bonds is 5. The van der Waals surface area contributed by atoms with Gasteiger partial charge in [-0.15, -0.1) is 0 Å². The number of ether oxygens (including phenoxy) is 1. The molecule has 0 aliphatic heterocycles. The van der Waals surface area contributed by atoms with E-state index in [0.717, 1.165) is 13.2 Å². The van der Waals surface area contributed by atoms with E-state index >= 15 is 0 Å². The fourth-order valence-electron chi connectivity index (χ4n) is 1.55. The molecule has 0 unspecified atom stereocenters. The molecule has 0 amide bonds. The highest BCUT2D eigenvalue weighted by Gasteiger charge is 1.91. The van der Waals surface area contributed by atoms with Crippen LogP contribution in [0, 0.1) is 0 Å². The lowest BCUT2D eigenvalue weighted by Crippen LogP contribution is -1.94. The van der Waals surface area contributed by atoms with Gasteiger partial charge in [-0.05, 0) is 31.9 Å². The van der Waals surface area contributed by atoms with Gasteiger partial charge in [-0.3, -0.25) is 0 Å². The highest BCUT2D eigenvalue weighted by atomic mass is 16.5. The summed E-state index contributed by atoms with van der Waals surface area (Å²) < 4.78 is 5.35. The first-order chi connectivity index (χ1) is 7.72. The average Bonchev–Trinajstić information content (AvgIpc) is 2.27. The Hall–Kier alpha value is -1.34. The Kier molecular flexibility index (Phi) is 5.58. The molecule has 1 aromatic carbocycles. The normalized spacial score (nSPS) is 12.9. The van der Waals surface area contributed by atoms with E-state index in [1.807, 2.05) is 13.0 Å². The van der Waals surface area contributed by atoms with E-state index in [1.165, 1.54) is 16.7 Å². The van der Waals surface area contributed by atoms with Gasteiger partial charge in [0.1, 0.15) is 0 Å². The van der Waals surface area contributed by atoms with Gasteiger partial charge in [-0.25, -0.2) is 0 Å². The van der Waals surface area contributed by atoms with Gasteiger partial charge in [0, 0.05) is 6.61 Å². The van der Waals surface area contributed by atoms with Gasteiger partial charge in [0.25, 0.3) is 0 Å². The molecule has 0 saturated heterocycles. The third-order valence-electron chi connectivity index (χ3n) is 2.20. The van der Waals surface area contributed by atoms with E-state index in [4.69, 9.17) is 4.74 Å². The van der Waals surface area contributed by atoms with E-state index in [1.54, 1.807) is 0 Å². The zero-order valence-electron chi connectivity index (χ0n) is 10.4. The van der Waals surface area contributed by atoms with Crippen LogP contribution in [0.2, 0.25) is 0 Å². The quantitative estimate of drug-likeness (QED) is 0.674. The Bertz CT molecular complexity index is 360. The van der Waals surface area contributed by atoms with Crippen molar-refractivity contribution in [2.75, 3.05) is 13.2 Å². The maximum atomic E-state index is 5.35. The minimum absolute atomic E-state index is 0.719. The smallest absolute Gasteiger partial charge is 0.0677 e. The molecule has 0 saturated carbocycles. The van der Waals surface area contributed by atoms with Gasteiger partial charge < -0.3 is 4.74 Å². The van der Waals surface area contributed by atoms with Gasteiger partial charge in [-0.2, -0.15) is 0 Å². The molecule has 1 heteroatoms. The predicted octanol–water partition coefficient (Wildman–Crippen LogP) is 4.07. The minimum atomic E-state index is 0.719. The van der Waals surface area contributed by atoms with Crippen molar-refractivity contribution in [2.45, 2.75) is 20.8 Å². The summed E-state index contributed by atoms with van der Waals surface area (Å²) in [7, 11) is 0. The molecule has 0 aliphatic rings. The van der Waals surface area contributed by atoms with Crippen LogP contribution in [-0.4, -0.2) is 13.2 Å². The van der Waals surface area contributed by atoms with Crippen LogP contribution in [0.3, 0.4) is 0 Å². The van der Waals surface area contributed by atoms with Crippen molar-refractivity contribution >= 4 is 6.08 Å². The first-order valence-electron chi connectivity index (χ1n) is 5.70. The van der Waals surface area contributed by atoms with Gasteiger partial charge in [-0.1, -0.05) is 48.1 Å². The van der Waals surface area contributed by atoms with E-state index in [-0.39, 0.29) is 0 Å². The molecule has 0 N–H and O–H groups in total. The second kappa shape index (κ2) is 7.02. The third-order valence-corrected chi connectivity index (χ3v) is 2.20. The van der Waals surface area contributed by atoms with Crippen LogP contribution in [0.4, 0.5) is 0 Å². The number of allylic oxidation sites excluding steroid dienone is 2. The van der Waals surface area contributed by atoms with Crippen LogP contribution >= 0.6 is 0 Å². The summed E-state index contributed by atoms with van der Waals surface area (Å²) in [5.74, 6) is 0. The molecule has 86 valence electrons. The number of hydrogen-bond acceptors (Lipinski definition) is 1. The molecule has 0 heterocycles. The fraction of sp³-hybridized carbons (Fsp3) is 0.333. The van der Waals surface area contributed by atoms with Crippen LogP contribution in [0.15, 0.2) is 47.6 Å². The summed E-state index contributed by atoms with van der Waals surface area (Å²) in [6.07, 6.45) is 4.35. The van der Waals surface area contributed by atoms with E-state index in [9.17, 15) is 0 Å². The Morgan fingerprint density at radius 1 is 1.19 bits per heavy atom. The van der Waals surface area contributed by atoms with Crippen molar-refractivity contribution in [1.29, 1.82) is 0 Å². The van der Waals surface area contributed by atoms with Crippen LogP contribution in [0.5, 0.6) is 0 Å². The largest absolute Gasteiger partial charge is 0.377 e. The van der Waals surface area contributed by atoms with Crippen molar-refractivity contribution in [3.8, 4) is 0 Å². The molecule has 0 atom stereocenters. The molecule has 0 aromatic heterocycles. The van der Waals surface area contributed by atoms with Crippen molar-refractivity contribution in [3.63, 3.8) is 0 Å². The summed E-state index contributed by atoms with van der Waals surface area (Å²) in [5.41, 5.74) is 3.75. The standard InChI is InChI=1S/C15H20O/c1-4-16-12-14(3)10-13(2)11-15-8-6-5-7-9-15/h5-11H,4,12H2,1-3H3/b13-11+,14-10+. The van der Waals surface area contributed by atoms with Crippen molar-refractivity contribution in [2.24, 2.45) is 0 Å². The number of benzene rings is 1. The van der Waals surface area contributed by atoms with Gasteiger partial charge in [0.15, 0.2) is 0 Å². The summed E-state index contributed by atoms with van der Waals surface area (Å²) in [6, 6.07) is 10.3. The molecule has 0 bridgehead atoms. The summed E-state index contributed by atoms with van der Waals surface area (Å²) in [5, 5.41) is 0. The predicted molar refractivity (Wildman–Crippen MR) is 70.3 cm³/mol. The summed E-state index contributed by atoms with van der Waals surface area (Å²) in [4.78, 5) is 0. The summed E-state index contributed by atoms with van der Waals surface area (Å²) >= 11 is 0. The van der Waals surface area contributed by atoms with Crippen molar-refractivity contribution < 1.29 is 4.74 Å². The van der Waals surface area contributed by atoms with Crippen LogP contribution < -0.4 is 0 Å². The lowest BCUT2D eigenvalue weighted by atomic mass is 10.1. The molecule has 16 heavy (non-hydrogen) atoms. The molecular weight excluding hydrogens is 196 g/mol. The molecule has 0 radical (unpaired) electrons. The molecule has 1 aromatic rings. The Labute approximate surface area is 98.5 Å². The van der Waals surface area contributed by atoms with Crippen molar-refractivity contribution in [1.82, 2.24) is 0 Å². The SMILES string of the molecule is CCOC/C(C)=C/C(C)=C/c1ccccc1. The van der Waals surface area contributed by atoms with E-state index in [0.29, 0.717) is 0 Å². The second-order valence-electron chi connectivity index (χ2n) is 3.93. The van der Waals surface area contributed by atoms with E-state index < -0.39 is 0 Å². The van der Waals surface area contributed by atoms with Crippen LogP contribution in [0.1, 0.15) is 26.3 Å². The number of hydrogen-bond donors (Lipinski definition) is 0. The van der Waals surface area contributed by atoms with Crippen molar-refractivity contribution in [3.05, 3.63) is 53.1 Å². The highest BCUT2D eigenvalue weighted by molar-refractivity contribution is 5.55. The molecule has 0 spiro atoms. The Morgan fingerprint density at radius 2 is 1.88 bits per heavy atom. The molecule has 0 aliphatic carbocycles. The summed E-state index contributed by atoms with van der Waals surface area (Å²) in [6.45, 7) is 7.71. The fourth-order valence-corrected chi connectivity index (χ4v) is 1.55. The third kappa shape index (κ3) is 4.94. The van der Waals surface area contributed by atoms with Gasteiger partial charge in [0.05, 0.1) is 6.61 Å². The zero-order valence-corrected chi connectivity index (χ0v) is 10.4. The first-order valence-corrected chi connectivity index (χ1v) is 5.70. The van der Waals surface area contributed by atoms with E-state index in [2.05, 4.69) is 50.3 Å². The molecule has 1 nitrogen and oxygen atoms in total. The van der Waals surface area contributed by atoms with Gasteiger partial charge >= 0.3 is 0 Å².